The Morgan fingerprint density at radius 3 is 2.35 bits per heavy atom. The number of ether oxygens (including phenoxy) is 1. The van der Waals surface area contributed by atoms with Gasteiger partial charge in [0.25, 0.3) is 0 Å². The molecule has 3 aromatic carbocycles. The van der Waals surface area contributed by atoms with Crippen LogP contribution in [-0.4, -0.2) is 6.21 Å². The Morgan fingerprint density at radius 1 is 0.826 bits per heavy atom. The van der Waals surface area contributed by atoms with Crippen molar-refractivity contribution in [2.24, 2.45) is 5.10 Å². The van der Waals surface area contributed by atoms with Crippen molar-refractivity contribution in [3.8, 4) is 11.5 Å². The quantitative estimate of drug-likeness (QED) is 0.528. The van der Waals surface area contributed by atoms with Gasteiger partial charge in [-0.15, -0.1) is 0 Å². The summed E-state index contributed by atoms with van der Waals surface area (Å²) >= 11 is 0. The molecule has 114 valence electrons. The number of nitrogens with zero attached hydrogens (tertiary/aromatic N) is 1. The number of benzene rings is 3. The first-order valence-corrected chi connectivity index (χ1v) is 7.17. The van der Waals surface area contributed by atoms with E-state index < -0.39 is 0 Å². The lowest BCUT2D eigenvalue weighted by molar-refractivity contribution is 0.482. The molecule has 0 aliphatic heterocycles. The normalized spacial score (nSPS) is 10.7. The van der Waals surface area contributed by atoms with Gasteiger partial charge in [0.1, 0.15) is 17.3 Å². The van der Waals surface area contributed by atoms with Crippen molar-refractivity contribution >= 4 is 11.9 Å². The molecular formula is C19H15FN2O. The molecule has 0 aliphatic carbocycles. The first-order valence-electron chi connectivity index (χ1n) is 7.17. The smallest absolute Gasteiger partial charge is 0.128 e. The van der Waals surface area contributed by atoms with Gasteiger partial charge in [-0.05, 0) is 54.1 Å². The van der Waals surface area contributed by atoms with Crippen LogP contribution in [0.4, 0.5) is 10.1 Å². The van der Waals surface area contributed by atoms with E-state index >= 15 is 0 Å². The second-order valence-electron chi connectivity index (χ2n) is 4.86. The van der Waals surface area contributed by atoms with Crippen LogP contribution in [0.1, 0.15) is 5.56 Å². The van der Waals surface area contributed by atoms with Crippen LogP contribution >= 0.6 is 0 Å². The monoisotopic (exact) mass is 306 g/mol. The zero-order valence-electron chi connectivity index (χ0n) is 12.3. The van der Waals surface area contributed by atoms with Crippen molar-refractivity contribution in [2.75, 3.05) is 5.43 Å². The number of hydrogen-bond acceptors (Lipinski definition) is 3. The van der Waals surface area contributed by atoms with E-state index in [0.29, 0.717) is 0 Å². The summed E-state index contributed by atoms with van der Waals surface area (Å²) < 4.78 is 18.6. The summed E-state index contributed by atoms with van der Waals surface area (Å²) in [6, 6.07) is 23.2. The molecule has 0 aromatic heterocycles. The standard InChI is InChI=1S/C19H15FN2O/c20-16-9-11-17(12-10-16)22-21-14-15-5-4-8-19(13-15)23-18-6-2-1-3-7-18/h1-14,22H. The lowest BCUT2D eigenvalue weighted by Gasteiger charge is -2.05. The van der Waals surface area contributed by atoms with Gasteiger partial charge >= 0.3 is 0 Å². The summed E-state index contributed by atoms with van der Waals surface area (Å²) in [5.74, 6) is 1.25. The molecular weight excluding hydrogens is 291 g/mol. The number of hydrazone groups is 1. The first kappa shape index (κ1) is 14.8. The molecule has 3 aromatic rings. The minimum atomic E-state index is -0.273. The highest BCUT2D eigenvalue weighted by Gasteiger charge is 1.97. The van der Waals surface area contributed by atoms with E-state index in [9.17, 15) is 4.39 Å². The molecule has 0 atom stereocenters. The Morgan fingerprint density at radius 2 is 1.57 bits per heavy atom. The van der Waals surface area contributed by atoms with E-state index in [-0.39, 0.29) is 5.82 Å². The van der Waals surface area contributed by atoms with E-state index in [1.807, 2.05) is 54.6 Å². The molecule has 0 bridgehead atoms. The molecule has 0 heterocycles. The SMILES string of the molecule is Fc1ccc(NN=Cc2cccc(Oc3ccccc3)c2)cc1. The van der Waals surface area contributed by atoms with Gasteiger partial charge in [0, 0.05) is 0 Å². The van der Waals surface area contributed by atoms with Crippen LogP contribution in [0.25, 0.3) is 0 Å². The third kappa shape index (κ3) is 4.41. The average Bonchev–Trinajstić information content (AvgIpc) is 2.58. The molecule has 0 unspecified atom stereocenters. The predicted octanol–water partition coefficient (Wildman–Crippen LogP) is 5.06. The number of nitrogens with one attached hydrogen (secondary N) is 1. The Kier molecular flexibility index (Phi) is 4.64. The predicted molar refractivity (Wildman–Crippen MR) is 90.6 cm³/mol. The zero-order chi connectivity index (χ0) is 15.9. The van der Waals surface area contributed by atoms with E-state index in [0.717, 1.165) is 22.7 Å². The zero-order valence-corrected chi connectivity index (χ0v) is 12.3. The van der Waals surface area contributed by atoms with E-state index in [2.05, 4.69) is 10.5 Å². The maximum Gasteiger partial charge on any atom is 0.128 e. The highest BCUT2D eigenvalue weighted by Crippen LogP contribution is 2.21. The minimum Gasteiger partial charge on any atom is -0.457 e. The van der Waals surface area contributed by atoms with Crippen LogP contribution in [0.3, 0.4) is 0 Å². The number of anilines is 1. The van der Waals surface area contributed by atoms with E-state index in [1.165, 1.54) is 12.1 Å². The number of rotatable bonds is 5. The molecule has 0 saturated heterocycles. The lowest BCUT2D eigenvalue weighted by atomic mass is 10.2. The summed E-state index contributed by atoms with van der Waals surface area (Å²) in [7, 11) is 0. The summed E-state index contributed by atoms with van der Waals surface area (Å²) in [5.41, 5.74) is 4.47. The van der Waals surface area contributed by atoms with Gasteiger partial charge in [0.05, 0.1) is 11.9 Å². The van der Waals surface area contributed by atoms with Gasteiger partial charge in [-0.3, -0.25) is 5.43 Å². The number of para-hydroxylation sites is 1. The molecule has 0 amide bonds. The average molecular weight is 306 g/mol. The van der Waals surface area contributed by atoms with E-state index in [4.69, 9.17) is 4.74 Å². The Balaban J connectivity index is 1.65. The molecule has 0 fully saturated rings. The molecule has 0 radical (unpaired) electrons. The minimum absolute atomic E-state index is 0.273. The summed E-state index contributed by atoms with van der Waals surface area (Å²) in [6.07, 6.45) is 1.68. The molecule has 0 saturated carbocycles. The van der Waals surface area contributed by atoms with Gasteiger partial charge < -0.3 is 4.74 Å². The summed E-state index contributed by atoms with van der Waals surface area (Å²) in [4.78, 5) is 0. The Bertz CT molecular complexity index is 786. The molecule has 0 spiro atoms. The highest BCUT2D eigenvalue weighted by molar-refractivity contribution is 5.80. The van der Waals surface area contributed by atoms with Crippen molar-refractivity contribution in [3.63, 3.8) is 0 Å². The molecule has 23 heavy (non-hydrogen) atoms. The van der Waals surface area contributed by atoms with Gasteiger partial charge in [-0.25, -0.2) is 4.39 Å². The van der Waals surface area contributed by atoms with Crippen LogP contribution < -0.4 is 10.2 Å². The van der Waals surface area contributed by atoms with Gasteiger partial charge in [-0.2, -0.15) is 5.10 Å². The Labute approximate surface area is 134 Å². The second kappa shape index (κ2) is 7.22. The third-order valence-corrected chi connectivity index (χ3v) is 3.09. The van der Waals surface area contributed by atoms with Gasteiger partial charge in [0.15, 0.2) is 0 Å². The van der Waals surface area contributed by atoms with Gasteiger partial charge in [-0.1, -0.05) is 30.3 Å². The fourth-order valence-corrected chi connectivity index (χ4v) is 1.99. The van der Waals surface area contributed by atoms with Crippen molar-refractivity contribution in [1.82, 2.24) is 0 Å². The fraction of sp³-hybridized carbons (Fsp3) is 0. The van der Waals surface area contributed by atoms with Crippen molar-refractivity contribution in [3.05, 3.63) is 90.2 Å². The van der Waals surface area contributed by atoms with Crippen LogP contribution in [0.15, 0.2) is 84.0 Å². The van der Waals surface area contributed by atoms with Crippen molar-refractivity contribution < 1.29 is 9.13 Å². The van der Waals surface area contributed by atoms with Crippen LogP contribution in [0.2, 0.25) is 0 Å². The largest absolute Gasteiger partial charge is 0.457 e. The Hall–Kier alpha value is -3.14. The second-order valence-corrected chi connectivity index (χ2v) is 4.86. The maximum absolute atomic E-state index is 12.8. The van der Waals surface area contributed by atoms with Crippen molar-refractivity contribution in [2.45, 2.75) is 0 Å². The van der Waals surface area contributed by atoms with Crippen LogP contribution in [0.5, 0.6) is 11.5 Å². The maximum atomic E-state index is 12.8. The lowest BCUT2D eigenvalue weighted by Crippen LogP contribution is -1.91. The molecule has 1 N–H and O–H groups in total. The molecule has 3 rings (SSSR count). The third-order valence-electron chi connectivity index (χ3n) is 3.09. The topological polar surface area (TPSA) is 33.6 Å². The number of hydrogen-bond donors (Lipinski definition) is 1. The summed E-state index contributed by atoms with van der Waals surface area (Å²) in [5, 5.41) is 4.14. The molecule has 0 aliphatic rings. The number of halogens is 1. The summed E-state index contributed by atoms with van der Waals surface area (Å²) in [6.45, 7) is 0. The van der Waals surface area contributed by atoms with E-state index in [1.54, 1.807) is 18.3 Å². The van der Waals surface area contributed by atoms with Crippen LogP contribution in [-0.2, 0) is 0 Å². The van der Waals surface area contributed by atoms with Crippen molar-refractivity contribution in [1.29, 1.82) is 0 Å². The fourth-order valence-electron chi connectivity index (χ4n) is 1.99. The van der Waals surface area contributed by atoms with Crippen LogP contribution in [0, 0.1) is 5.82 Å². The molecule has 3 nitrogen and oxygen atoms in total. The first-order chi connectivity index (χ1) is 11.3. The highest BCUT2D eigenvalue weighted by atomic mass is 19.1. The molecule has 4 heteroatoms. The van der Waals surface area contributed by atoms with Gasteiger partial charge in [0.2, 0.25) is 0 Å².